The van der Waals surface area contributed by atoms with Crippen LogP contribution in [0.5, 0.6) is 0 Å². The van der Waals surface area contributed by atoms with Gasteiger partial charge >= 0.3 is 0 Å². The van der Waals surface area contributed by atoms with Gasteiger partial charge in [0, 0.05) is 23.6 Å². The van der Waals surface area contributed by atoms with Crippen molar-refractivity contribution in [2.24, 2.45) is 0 Å². The maximum atomic E-state index is 10.9. The van der Waals surface area contributed by atoms with Crippen LogP contribution in [-0.4, -0.2) is 21.5 Å². The van der Waals surface area contributed by atoms with Gasteiger partial charge in [0.25, 0.3) is 5.69 Å². The van der Waals surface area contributed by atoms with E-state index in [1.807, 2.05) is 19.9 Å². The molecule has 0 aliphatic carbocycles. The lowest BCUT2D eigenvalue weighted by atomic mass is 10.2. The summed E-state index contributed by atoms with van der Waals surface area (Å²) in [5.74, 6) is 1.05. The molecule has 23 heavy (non-hydrogen) atoms. The molecule has 0 fully saturated rings. The van der Waals surface area contributed by atoms with Crippen LogP contribution < -0.4 is 0 Å². The summed E-state index contributed by atoms with van der Waals surface area (Å²) in [6, 6.07) is 6.59. The second-order valence-corrected chi connectivity index (χ2v) is 6.51. The van der Waals surface area contributed by atoms with E-state index >= 15 is 0 Å². The lowest BCUT2D eigenvalue weighted by molar-refractivity contribution is -0.385. The Morgan fingerprint density at radius 1 is 1.39 bits per heavy atom. The lowest BCUT2D eigenvalue weighted by Crippen LogP contribution is -2.01. The van der Waals surface area contributed by atoms with E-state index in [1.54, 1.807) is 12.1 Å². The van der Waals surface area contributed by atoms with Crippen molar-refractivity contribution < 1.29 is 9.66 Å². The predicted octanol–water partition coefficient (Wildman–Crippen LogP) is 4.69. The van der Waals surface area contributed by atoms with E-state index in [0.717, 1.165) is 21.4 Å². The van der Waals surface area contributed by atoms with Gasteiger partial charge in [-0.05, 0) is 25.8 Å². The zero-order chi connectivity index (χ0) is 17.0. The van der Waals surface area contributed by atoms with Crippen LogP contribution in [0.2, 0.25) is 0 Å². The summed E-state index contributed by atoms with van der Waals surface area (Å²) >= 11 is 1.43. The number of ether oxygens (including phenoxy) is 1. The Bertz CT molecular complexity index is 685. The maximum absolute atomic E-state index is 10.9. The molecule has 0 radical (unpaired) electrons. The Balaban J connectivity index is 2.31. The SMILES string of the molecule is CCOC(C)c1nc(Sc2cccc([N+](=O)[O-])c2)c(C(C)C)[nH]1. The minimum Gasteiger partial charge on any atom is -0.371 e. The molecular weight excluding hydrogens is 314 g/mol. The number of hydrogen-bond acceptors (Lipinski definition) is 5. The first-order valence-electron chi connectivity index (χ1n) is 7.56. The monoisotopic (exact) mass is 335 g/mol. The van der Waals surface area contributed by atoms with Gasteiger partial charge in [0.1, 0.15) is 17.0 Å². The minimum atomic E-state index is -0.388. The zero-order valence-electron chi connectivity index (χ0n) is 13.7. The Morgan fingerprint density at radius 2 is 2.13 bits per heavy atom. The number of nitro benzene ring substituents is 1. The molecule has 0 bridgehead atoms. The van der Waals surface area contributed by atoms with E-state index in [-0.39, 0.29) is 22.6 Å². The van der Waals surface area contributed by atoms with Crippen molar-refractivity contribution in [3.05, 3.63) is 45.9 Å². The average Bonchev–Trinajstić information content (AvgIpc) is 2.92. The topological polar surface area (TPSA) is 81.1 Å². The Morgan fingerprint density at radius 3 is 2.74 bits per heavy atom. The highest BCUT2D eigenvalue weighted by Gasteiger charge is 2.19. The maximum Gasteiger partial charge on any atom is 0.270 e. The smallest absolute Gasteiger partial charge is 0.270 e. The number of aromatic amines is 1. The third-order valence-corrected chi connectivity index (χ3v) is 4.33. The molecule has 0 aliphatic heterocycles. The third-order valence-electron chi connectivity index (χ3n) is 3.34. The number of imidazole rings is 1. The number of nitro groups is 1. The number of H-pyrrole nitrogens is 1. The Kier molecular flexibility index (Phi) is 5.79. The number of aromatic nitrogens is 2. The molecule has 1 aromatic carbocycles. The Labute approximate surface area is 139 Å². The van der Waals surface area contributed by atoms with Crippen LogP contribution >= 0.6 is 11.8 Å². The quantitative estimate of drug-likeness (QED) is 0.586. The minimum absolute atomic E-state index is 0.0829. The van der Waals surface area contributed by atoms with Gasteiger partial charge < -0.3 is 9.72 Å². The number of non-ortho nitro benzene ring substituents is 1. The molecule has 124 valence electrons. The van der Waals surface area contributed by atoms with Crippen LogP contribution in [-0.2, 0) is 4.74 Å². The van der Waals surface area contributed by atoms with E-state index in [0.29, 0.717) is 6.61 Å². The molecule has 0 spiro atoms. The van der Waals surface area contributed by atoms with Crippen LogP contribution in [0.4, 0.5) is 5.69 Å². The van der Waals surface area contributed by atoms with Gasteiger partial charge in [-0.2, -0.15) is 0 Å². The molecule has 0 saturated heterocycles. The van der Waals surface area contributed by atoms with Crippen LogP contribution in [0.15, 0.2) is 34.2 Å². The summed E-state index contributed by atoms with van der Waals surface area (Å²) in [6.45, 7) is 8.68. The van der Waals surface area contributed by atoms with Crippen LogP contribution in [0, 0.1) is 10.1 Å². The van der Waals surface area contributed by atoms with Crippen molar-refractivity contribution in [2.45, 2.75) is 49.6 Å². The third kappa shape index (κ3) is 4.33. The van der Waals surface area contributed by atoms with Gasteiger partial charge in [0.15, 0.2) is 0 Å². The number of hydrogen-bond donors (Lipinski definition) is 1. The largest absolute Gasteiger partial charge is 0.371 e. The fourth-order valence-corrected chi connectivity index (χ4v) is 3.24. The molecule has 2 rings (SSSR count). The first-order chi connectivity index (χ1) is 10.9. The molecule has 2 aromatic rings. The van der Waals surface area contributed by atoms with Gasteiger partial charge in [-0.15, -0.1) is 0 Å². The molecule has 1 aromatic heterocycles. The van der Waals surface area contributed by atoms with Crippen molar-refractivity contribution >= 4 is 17.4 Å². The summed E-state index contributed by atoms with van der Waals surface area (Å²) in [7, 11) is 0. The number of nitrogens with zero attached hydrogens (tertiary/aromatic N) is 2. The van der Waals surface area contributed by atoms with E-state index in [9.17, 15) is 10.1 Å². The highest BCUT2D eigenvalue weighted by Crippen LogP contribution is 2.35. The molecule has 1 atom stereocenters. The number of benzene rings is 1. The number of rotatable bonds is 7. The van der Waals surface area contributed by atoms with Gasteiger partial charge in [0.2, 0.25) is 0 Å². The highest BCUT2D eigenvalue weighted by molar-refractivity contribution is 7.99. The summed E-state index contributed by atoms with van der Waals surface area (Å²) in [6.07, 6.45) is -0.114. The second-order valence-electron chi connectivity index (χ2n) is 5.45. The molecule has 6 nitrogen and oxygen atoms in total. The first kappa shape index (κ1) is 17.5. The second kappa shape index (κ2) is 7.61. The molecule has 0 amide bonds. The van der Waals surface area contributed by atoms with Crippen molar-refractivity contribution in [3.63, 3.8) is 0 Å². The Hall–Kier alpha value is -1.86. The molecule has 7 heteroatoms. The van der Waals surface area contributed by atoms with Crippen LogP contribution in [0.25, 0.3) is 0 Å². The summed E-state index contributed by atoms with van der Waals surface area (Å²) < 4.78 is 5.58. The van der Waals surface area contributed by atoms with E-state index in [2.05, 4.69) is 23.8 Å². The molecule has 1 unspecified atom stereocenters. The summed E-state index contributed by atoms with van der Waals surface area (Å²) in [5, 5.41) is 11.7. The van der Waals surface area contributed by atoms with E-state index < -0.39 is 0 Å². The highest BCUT2D eigenvalue weighted by atomic mass is 32.2. The molecule has 1 N–H and O–H groups in total. The van der Waals surface area contributed by atoms with Crippen molar-refractivity contribution in [1.82, 2.24) is 9.97 Å². The number of nitrogens with one attached hydrogen (secondary N) is 1. The van der Waals surface area contributed by atoms with Gasteiger partial charge in [-0.3, -0.25) is 10.1 Å². The molecular formula is C16H21N3O3S. The van der Waals surface area contributed by atoms with Crippen LogP contribution in [0.3, 0.4) is 0 Å². The summed E-state index contributed by atoms with van der Waals surface area (Å²) in [5.41, 5.74) is 1.10. The van der Waals surface area contributed by atoms with E-state index in [1.165, 1.54) is 17.8 Å². The normalized spacial score (nSPS) is 12.6. The fraction of sp³-hybridized carbons (Fsp3) is 0.438. The van der Waals surface area contributed by atoms with Crippen molar-refractivity contribution in [3.8, 4) is 0 Å². The van der Waals surface area contributed by atoms with Gasteiger partial charge in [-0.25, -0.2) is 4.98 Å². The van der Waals surface area contributed by atoms with Gasteiger partial charge in [-0.1, -0.05) is 31.7 Å². The molecule has 1 heterocycles. The lowest BCUT2D eigenvalue weighted by Gasteiger charge is -2.07. The van der Waals surface area contributed by atoms with Crippen LogP contribution in [0.1, 0.15) is 51.2 Å². The zero-order valence-corrected chi connectivity index (χ0v) is 14.5. The summed E-state index contributed by atoms with van der Waals surface area (Å²) in [4.78, 5) is 19.3. The van der Waals surface area contributed by atoms with E-state index in [4.69, 9.17) is 4.74 Å². The standard InChI is InChI=1S/C16H21N3O3S/c1-5-22-11(4)15-17-14(10(2)3)16(18-15)23-13-8-6-7-12(9-13)19(20)21/h6-11H,5H2,1-4H3,(H,17,18). The first-order valence-corrected chi connectivity index (χ1v) is 8.37. The molecule has 0 aliphatic rings. The fourth-order valence-electron chi connectivity index (χ4n) is 2.15. The van der Waals surface area contributed by atoms with Crippen molar-refractivity contribution in [2.75, 3.05) is 6.61 Å². The predicted molar refractivity (Wildman–Crippen MR) is 89.9 cm³/mol. The van der Waals surface area contributed by atoms with Gasteiger partial charge in [0.05, 0.1) is 10.6 Å². The van der Waals surface area contributed by atoms with Crippen molar-refractivity contribution in [1.29, 1.82) is 0 Å². The average molecular weight is 335 g/mol. The molecule has 0 saturated carbocycles.